The Morgan fingerprint density at radius 1 is 1.10 bits per heavy atom. The number of halogens is 1. The molecule has 0 amide bonds. The van der Waals surface area contributed by atoms with Gasteiger partial charge in [-0.15, -0.1) is 0 Å². The summed E-state index contributed by atoms with van der Waals surface area (Å²) in [5.41, 5.74) is 1.04. The minimum Gasteiger partial charge on any atom is -0.369 e. The van der Waals surface area contributed by atoms with Crippen LogP contribution in [0.25, 0.3) is 0 Å². The predicted octanol–water partition coefficient (Wildman–Crippen LogP) is 2.39. The number of benzene rings is 1. The second-order valence-corrected chi connectivity index (χ2v) is 5.29. The van der Waals surface area contributed by atoms with E-state index in [0.29, 0.717) is 12.8 Å². The Bertz CT molecular complexity index is 521. The van der Waals surface area contributed by atoms with Crippen molar-refractivity contribution in [3.63, 3.8) is 0 Å². The first-order chi connectivity index (χ1) is 10.2. The van der Waals surface area contributed by atoms with Gasteiger partial charge in [-0.25, -0.2) is 4.39 Å². The summed E-state index contributed by atoms with van der Waals surface area (Å²) < 4.78 is 12.9. The summed E-state index contributed by atoms with van der Waals surface area (Å²) in [7, 11) is 0. The first-order valence-electron chi connectivity index (χ1n) is 7.22. The maximum Gasteiger partial charge on any atom is 0.123 e. The van der Waals surface area contributed by atoms with Crippen LogP contribution in [0.2, 0.25) is 0 Å². The molecule has 0 aromatic heterocycles. The molecule has 0 saturated carbocycles. The quantitative estimate of drug-likeness (QED) is 0.834. The number of anilines is 1. The summed E-state index contributed by atoms with van der Waals surface area (Å²) >= 11 is 0. The van der Waals surface area contributed by atoms with E-state index < -0.39 is 0 Å². The average Bonchev–Trinajstić information content (AvgIpc) is 2.53. The van der Waals surface area contributed by atoms with Crippen molar-refractivity contribution in [1.29, 1.82) is 10.5 Å². The topological polar surface area (TPSA) is 54.1 Å². The highest BCUT2D eigenvalue weighted by Gasteiger charge is 2.20. The number of rotatable bonds is 5. The summed E-state index contributed by atoms with van der Waals surface area (Å²) in [5.74, 6) is -0.284. The van der Waals surface area contributed by atoms with Gasteiger partial charge in [-0.05, 0) is 30.7 Å². The maximum atomic E-state index is 12.9. The number of nitrogens with zero attached hydrogens (tertiary/aromatic N) is 4. The molecule has 0 spiro atoms. The van der Waals surface area contributed by atoms with Crippen LogP contribution in [0.15, 0.2) is 24.3 Å². The zero-order valence-electron chi connectivity index (χ0n) is 12.0. The molecule has 0 unspecified atom stereocenters. The van der Waals surface area contributed by atoms with Gasteiger partial charge in [-0.2, -0.15) is 10.5 Å². The van der Waals surface area contributed by atoms with Crippen LogP contribution in [0, 0.1) is 34.4 Å². The van der Waals surface area contributed by atoms with E-state index in [0.717, 1.165) is 38.4 Å². The molecule has 110 valence electrons. The lowest BCUT2D eigenvalue weighted by atomic mass is 10.0. The zero-order chi connectivity index (χ0) is 15.1. The van der Waals surface area contributed by atoms with Crippen molar-refractivity contribution in [1.82, 2.24) is 4.90 Å². The van der Waals surface area contributed by atoms with Gasteiger partial charge in [0.15, 0.2) is 0 Å². The minimum absolute atomic E-state index is 0.0676. The summed E-state index contributed by atoms with van der Waals surface area (Å²) in [6, 6.07) is 10.9. The van der Waals surface area contributed by atoms with Gasteiger partial charge in [-0.3, -0.25) is 4.90 Å². The van der Waals surface area contributed by atoms with E-state index in [1.54, 1.807) is 12.1 Å². The molecule has 1 fully saturated rings. The van der Waals surface area contributed by atoms with Crippen LogP contribution in [-0.2, 0) is 0 Å². The summed E-state index contributed by atoms with van der Waals surface area (Å²) in [4.78, 5) is 4.50. The maximum absolute atomic E-state index is 12.9. The van der Waals surface area contributed by atoms with Gasteiger partial charge < -0.3 is 4.90 Å². The van der Waals surface area contributed by atoms with E-state index in [4.69, 9.17) is 10.5 Å². The largest absolute Gasteiger partial charge is 0.369 e. The molecule has 1 atom stereocenters. The second-order valence-electron chi connectivity index (χ2n) is 5.29. The normalized spacial score (nSPS) is 17.0. The molecule has 0 bridgehead atoms. The Labute approximate surface area is 125 Å². The number of nitriles is 2. The van der Waals surface area contributed by atoms with E-state index in [2.05, 4.69) is 21.9 Å². The van der Waals surface area contributed by atoms with Crippen LogP contribution in [0.5, 0.6) is 0 Å². The van der Waals surface area contributed by atoms with Gasteiger partial charge in [0.25, 0.3) is 0 Å². The predicted molar refractivity (Wildman–Crippen MR) is 79.0 cm³/mol. The molecule has 21 heavy (non-hydrogen) atoms. The molecular weight excluding hydrogens is 267 g/mol. The molecule has 5 heteroatoms. The zero-order valence-corrected chi connectivity index (χ0v) is 12.0. The molecule has 1 saturated heterocycles. The van der Waals surface area contributed by atoms with Gasteiger partial charge in [-0.1, -0.05) is 0 Å². The first kappa shape index (κ1) is 15.3. The van der Waals surface area contributed by atoms with Crippen molar-refractivity contribution in [2.45, 2.75) is 12.8 Å². The van der Waals surface area contributed by atoms with Crippen molar-refractivity contribution >= 4 is 5.69 Å². The summed E-state index contributed by atoms with van der Waals surface area (Å²) in [5, 5.41) is 17.7. The Kier molecular flexibility index (Phi) is 5.54. The molecular formula is C16H19FN4. The van der Waals surface area contributed by atoms with Gasteiger partial charge in [0.05, 0.1) is 18.1 Å². The minimum atomic E-state index is -0.216. The summed E-state index contributed by atoms with van der Waals surface area (Å²) in [6.45, 7) is 4.27. The Morgan fingerprint density at radius 2 is 1.76 bits per heavy atom. The highest BCUT2D eigenvalue weighted by molar-refractivity contribution is 5.46. The van der Waals surface area contributed by atoms with Crippen LogP contribution in [0.3, 0.4) is 0 Å². The van der Waals surface area contributed by atoms with E-state index >= 15 is 0 Å². The van der Waals surface area contributed by atoms with Crippen LogP contribution in [-0.4, -0.2) is 37.6 Å². The van der Waals surface area contributed by atoms with E-state index in [1.165, 1.54) is 12.1 Å². The third kappa shape index (κ3) is 4.44. The highest BCUT2D eigenvalue weighted by atomic mass is 19.1. The molecule has 4 nitrogen and oxygen atoms in total. The standard InChI is InChI=1S/C16H19FN4/c17-15-3-5-16(6-4-15)21-10-8-20(9-11-21)13-14(12-19)2-1-7-18/h3-6,14H,1-2,8-11,13H2/t14-/m1/s1. The third-order valence-corrected chi connectivity index (χ3v) is 3.83. The molecule has 1 aromatic carbocycles. The lowest BCUT2D eigenvalue weighted by molar-refractivity contribution is 0.233. The molecule has 2 rings (SSSR count). The fourth-order valence-corrected chi connectivity index (χ4v) is 2.59. The van der Waals surface area contributed by atoms with Crippen LogP contribution >= 0.6 is 0 Å². The summed E-state index contributed by atoms with van der Waals surface area (Å²) in [6.07, 6.45) is 1.08. The third-order valence-electron chi connectivity index (χ3n) is 3.83. The van der Waals surface area contributed by atoms with Crippen molar-refractivity contribution in [3.05, 3.63) is 30.1 Å². The van der Waals surface area contributed by atoms with Gasteiger partial charge in [0.1, 0.15) is 5.82 Å². The lowest BCUT2D eigenvalue weighted by Gasteiger charge is -2.36. The Hall–Kier alpha value is -2.11. The first-order valence-corrected chi connectivity index (χ1v) is 7.22. The van der Waals surface area contributed by atoms with Crippen molar-refractivity contribution < 1.29 is 4.39 Å². The number of hydrogen-bond donors (Lipinski definition) is 0. The van der Waals surface area contributed by atoms with E-state index in [-0.39, 0.29) is 11.7 Å². The monoisotopic (exact) mass is 286 g/mol. The Balaban J connectivity index is 1.81. The number of hydrogen-bond acceptors (Lipinski definition) is 4. The van der Waals surface area contributed by atoms with Crippen molar-refractivity contribution in [3.8, 4) is 12.1 Å². The van der Waals surface area contributed by atoms with Gasteiger partial charge in [0, 0.05) is 44.8 Å². The van der Waals surface area contributed by atoms with Crippen molar-refractivity contribution in [2.75, 3.05) is 37.6 Å². The van der Waals surface area contributed by atoms with E-state index in [9.17, 15) is 4.39 Å². The second kappa shape index (κ2) is 7.61. The molecule has 1 aliphatic heterocycles. The molecule has 1 aromatic rings. The van der Waals surface area contributed by atoms with Gasteiger partial charge in [0.2, 0.25) is 0 Å². The van der Waals surface area contributed by atoms with E-state index in [1.807, 2.05) is 0 Å². The van der Waals surface area contributed by atoms with Gasteiger partial charge >= 0.3 is 0 Å². The lowest BCUT2D eigenvalue weighted by Crippen LogP contribution is -2.47. The smallest absolute Gasteiger partial charge is 0.123 e. The molecule has 1 aliphatic rings. The Morgan fingerprint density at radius 3 is 2.33 bits per heavy atom. The van der Waals surface area contributed by atoms with Crippen molar-refractivity contribution in [2.24, 2.45) is 5.92 Å². The molecule has 0 aliphatic carbocycles. The molecule has 1 heterocycles. The molecule has 0 N–H and O–H groups in total. The van der Waals surface area contributed by atoms with Crippen LogP contribution in [0.4, 0.5) is 10.1 Å². The SMILES string of the molecule is N#CCC[C@H](C#N)CN1CCN(c2ccc(F)cc2)CC1. The molecule has 0 radical (unpaired) electrons. The average molecular weight is 286 g/mol. The van der Waals surface area contributed by atoms with Crippen LogP contribution in [0.1, 0.15) is 12.8 Å². The fourth-order valence-electron chi connectivity index (χ4n) is 2.59. The van der Waals surface area contributed by atoms with Crippen LogP contribution < -0.4 is 4.90 Å². The number of piperazine rings is 1. The highest BCUT2D eigenvalue weighted by Crippen LogP contribution is 2.18. The fraction of sp³-hybridized carbons (Fsp3) is 0.500.